The van der Waals surface area contributed by atoms with E-state index in [1.54, 1.807) is 0 Å². The van der Waals surface area contributed by atoms with Gasteiger partial charge in [-0.1, -0.05) is 0 Å². The smallest absolute Gasteiger partial charge is 0.226 e. The van der Waals surface area contributed by atoms with Crippen LogP contribution in [-0.2, 0) is 4.79 Å². The molecule has 14 heavy (non-hydrogen) atoms. The van der Waals surface area contributed by atoms with Crippen LogP contribution in [0.25, 0.3) is 0 Å². The lowest BCUT2D eigenvalue weighted by molar-refractivity contribution is -0.116. The van der Waals surface area contributed by atoms with E-state index in [9.17, 15) is 4.79 Å². The number of carbonyl (C=O) groups excluding carboxylic acids is 1. The molecule has 0 spiro atoms. The van der Waals surface area contributed by atoms with Crippen molar-refractivity contribution in [1.29, 1.82) is 0 Å². The van der Waals surface area contributed by atoms with Crippen LogP contribution in [0.2, 0.25) is 0 Å². The van der Waals surface area contributed by atoms with Gasteiger partial charge in [0.25, 0.3) is 0 Å². The van der Waals surface area contributed by atoms with Crippen molar-refractivity contribution in [3.05, 3.63) is 11.8 Å². The monoisotopic (exact) mass is 211 g/mol. The second-order valence-electron chi connectivity index (χ2n) is 3.43. The summed E-state index contributed by atoms with van der Waals surface area (Å²) in [4.78, 5) is 11.3. The maximum absolute atomic E-state index is 11.3. The lowest BCUT2D eigenvalue weighted by Gasteiger charge is -2.21. The minimum atomic E-state index is 0.0906. The normalized spacial score (nSPS) is 20.4. The average molecular weight is 211 g/mol. The van der Waals surface area contributed by atoms with Crippen molar-refractivity contribution >= 4 is 23.5 Å². The predicted molar refractivity (Wildman–Crippen MR) is 57.6 cm³/mol. The van der Waals surface area contributed by atoms with E-state index >= 15 is 0 Å². The van der Waals surface area contributed by atoms with E-state index < -0.39 is 0 Å². The number of rotatable bonds is 3. The SMILES string of the molecule is CSCC[C@@H]1CC(=O)Nc2[nH]ncc21. The number of hydrogen-bond donors (Lipinski definition) is 2. The summed E-state index contributed by atoms with van der Waals surface area (Å²) >= 11 is 1.81. The Morgan fingerprint density at radius 2 is 2.57 bits per heavy atom. The number of aromatic nitrogens is 2. The summed E-state index contributed by atoms with van der Waals surface area (Å²) < 4.78 is 0. The predicted octanol–water partition coefficient (Wildman–Crippen LogP) is 1.59. The van der Waals surface area contributed by atoms with Gasteiger partial charge in [-0.3, -0.25) is 9.89 Å². The summed E-state index contributed by atoms with van der Waals surface area (Å²) in [5, 5.41) is 9.54. The summed E-state index contributed by atoms with van der Waals surface area (Å²) in [6.45, 7) is 0. The van der Waals surface area contributed by atoms with Gasteiger partial charge in [-0.15, -0.1) is 0 Å². The second-order valence-corrected chi connectivity index (χ2v) is 4.42. The second kappa shape index (κ2) is 4.04. The van der Waals surface area contributed by atoms with Gasteiger partial charge in [0.1, 0.15) is 5.82 Å². The number of aromatic amines is 1. The van der Waals surface area contributed by atoms with E-state index in [1.807, 2.05) is 18.0 Å². The van der Waals surface area contributed by atoms with Crippen LogP contribution in [0.4, 0.5) is 5.82 Å². The molecule has 5 heteroatoms. The molecule has 0 fully saturated rings. The molecule has 1 atom stereocenters. The zero-order valence-electron chi connectivity index (χ0n) is 8.04. The molecule has 4 nitrogen and oxygen atoms in total. The molecule has 0 saturated heterocycles. The molecule has 0 radical (unpaired) electrons. The molecule has 1 aromatic heterocycles. The van der Waals surface area contributed by atoms with Crippen molar-refractivity contribution in [2.75, 3.05) is 17.3 Å². The van der Waals surface area contributed by atoms with Gasteiger partial charge in [0.2, 0.25) is 5.91 Å². The molecular weight excluding hydrogens is 198 g/mol. The zero-order chi connectivity index (χ0) is 9.97. The lowest BCUT2D eigenvalue weighted by Crippen LogP contribution is -2.22. The lowest BCUT2D eigenvalue weighted by atomic mass is 9.92. The average Bonchev–Trinajstić information content (AvgIpc) is 2.61. The van der Waals surface area contributed by atoms with Gasteiger partial charge >= 0.3 is 0 Å². The molecule has 1 aliphatic heterocycles. The largest absolute Gasteiger partial charge is 0.311 e. The first-order valence-corrected chi connectivity index (χ1v) is 6.02. The third kappa shape index (κ3) is 1.77. The molecule has 1 amide bonds. The Kier molecular flexibility index (Phi) is 2.77. The number of anilines is 1. The first-order chi connectivity index (χ1) is 6.81. The molecule has 1 aliphatic rings. The van der Waals surface area contributed by atoms with Crippen LogP contribution in [0.15, 0.2) is 6.20 Å². The Morgan fingerprint density at radius 3 is 3.36 bits per heavy atom. The van der Waals surface area contributed by atoms with Crippen LogP contribution in [0.3, 0.4) is 0 Å². The minimum absolute atomic E-state index is 0.0906. The van der Waals surface area contributed by atoms with E-state index in [4.69, 9.17) is 0 Å². The number of carbonyl (C=O) groups is 1. The highest BCUT2D eigenvalue weighted by molar-refractivity contribution is 7.98. The number of nitrogens with zero attached hydrogens (tertiary/aromatic N) is 1. The van der Waals surface area contributed by atoms with E-state index in [-0.39, 0.29) is 5.91 Å². The Hall–Kier alpha value is -0.970. The Morgan fingerprint density at radius 1 is 1.71 bits per heavy atom. The zero-order valence-corrected chi connectivity index (χ0v) is 8.86. The highest BCUT2D eigenvalue weighted by Gasteiger charge is 2.25. The third-order valence-electron chi connectivity index (χ3n) is 2.48. The van der Waals surface area contributed by atoms with Gasteiger partial charge in [-0.05, 0) is 24.3 Å². The third-order valence-corrected chi connectivity index (χ3v) is 3.12. The summed E-state index contributed by atoms with van der Waals surface area (Å²) in [5.74, 6) is 2.30. The van der Waals surface area contributed by atoms with Gasteiger partial charge < -0.3 is 5.32 Å². The summed E-state index contributed by atoms with van der Waals surface area (Å²) in [6.07, 6.45) is 5.53. The topological polar surface area (TPSA) is 57.8 Å². The first kappa shape index (κ1) is 9.58. The van der Waals surface area contributed by atoms with Crippen LogP contribution in [0, 0.1) is 0 Å². The standard InChI is InChI=1S/C9H13N3OS/c1-14-3-2-6-4-8(13)11-9-7(6)5-10-12-9/h5-6H,2-4H2,1H3,(H2,10,11,12,13)/t6-/m1/s1. The van der Waals surface area contributed by atoms with E-state index in [0.29, 0.717) is 12.3 Å². The molecule has 0 aromatic carbocycles. The molecule has 2 heterocycles. The van der Waals surface area contributed by atoms with Gasteiger partial charge in [0.15, 0.2) is 0 Å². The van der Waals surface area contributed by atoms with Crippen LogP contribution in [0.1, 0.15) is 24.3 Å². The number of hydrogen-bond acceptors (Lipinski definition) is 3. The van der Waals surface area contributed by atoms with Crippen LogP contribution in [-0.4, -0.2) is 28.1 Å². The van der Waals surface area contributed by atoms with Crippen molar-refractivity contribution < 1.29 is 4.79 Å². The van der Waals surface area contributed by atoms with Gasteiger partial charge in [0.05, 0.1) is 6.20 Å². The summed E-state index contributed by atoms with van der Waals surface area (Å²) in [7, 11) is 0. The first-order valence-electron chi connectivity index (χ1n) is 4.63. The maximum Gasteiger partial charge on any atom is 0.226 e. The highest BCUT2D eigenvalue weighted by atomic mass is 32.2. The van der Waals surface area contributed by atoms with Crippen LogP contribution in [0.5, 0.6) is 0 Å². The molecule has 0 unspecified atom stereocenters. The van der Waals surface area contributed by atoms with Gasteiger partial charge in [-0.2, -0.15) is 16.9 Å². The molecule has 76 valence electrons. The Bertz CT molecular complexity index is 337. The van der Waals surface area contributed by atoms with Crippen molar-refractivity contribution in [3.63, 3.8) is 0 Å². The number of fused-ring (bicyclic) bond motifs is 1. The molecule has 2 rings (SSSR count). The summed E-state index contributed by atoms with van der Waals surface area (Å²) in [6, 6.07) is 0. The molecule has 0 saturated carbocycles. The van der Waals surface area contributed by atoms with Crippen molar-refractivity contribution in [2.24, 2.45) is 0 Å². The molecular formula is C9H13N3OS. The maximum atomic E-state index is 11.3. The fraction of sp³-hybridized carbons (Fsp3) is 0.556. The number of thioether (sulfide) groups is 1. The fourth-order valence-electron chi connectivity index (χ4n) is 1.75. The van der Waals surface area contributed by atoms with E-state index in [2.05, 4.69) is 21.8 Å². The van der Waals surface area contributed by atoms with Gasteiger partial charge in [-0.25, -0.2) is 0 Å². The molecule has 0 bridgehead atoms. The van der Waals surface area contributed by atoms with Crippen molar-refractivity contribution in [2.45, 2.75) is 18.8 Å². The number of amides is 1. The number of H-pyrrole nitrogens is 1. The fourth-order valence-corrected chi connectivity index (χ4v) is 2.27. The Labute approximate surface area is 86.8 Å². The van der Waals surface area contributed by atoms with Gasteiger partial charge in [0, 0.05) is 12.0 Å². The van der Waals surface area contributed by atoms with Crippen LogP contribution < -0.4 is 5.32 Å². The Balaban J connectivity index is 2.15. The van der Waals surface area contributed by atoms with Crippen LogP contribution >= 0.6 is 11.8 Å². The molecule has 0 aliphatic carbocycles. The molecule has 2 N–H and O–H groups in total. The summed E-state index contributed by atoms with van der Waals surface area (Å²) in [5.41, 5.74) is 1.15. The molecule has 1 aromatic rings. The quantitative estimate of drug-likeness (QED) is 0.798. The van der Waals surface area contributed by atoms with E-state index in [0.717, 1.165) is 23.6 Å². The highest BCUT2D eigenvalue weighted by Crippen LogP contribution is 2.33. The minimum Gasteiger partial charge on any atom is -0.311 e. The van der Waals surface area contributed by atoms with Crippen molar-refractivity contribution in [3.8, 4) is 0 Å². The number of nitrogens with one attached hydrogen (secondary N) is 2. The van der Waals surface area contributed by atoms with E-state index in [1.165, 1.54) is 0 Å². The van der Waals surface area contributed by atoms with Crippen molar-refractivity contribution in [1.82, 2.24) is 10.2 Å².